The van der Waals surface area contributed by atoms with Crippen LogP contribution in [0.2, 0.25) is 0 Å². The molecule has 0 unspecified atom stereocenters. The molecule has 3 amide bonds. The van der Waals surface area contributed by atoms with Crippen LogP contribution in [-0.4, -0.2) is 56.1 Å². The maximum atomic E-state index is 12.4. The number of nitrogens with zero attached hydrogens (tertiary/aromatic N) is 2. The minimum Gasteiger partial charge on any atom is -0.352 e. The number of hydrogen-bond acceptors (Lipinski definition) is 7. The molecule has 2 aromatic carbocycles. The number of carbonyl (C=O) groups excluding carboxylic acids is 3. The van der Waals surface area contributed by atoms with E-state index in [1.165, 1.54) is 56.6 Å². The zero-order valence-electron chi connectivity index (χ0n) is 19.4. The molecule has 1 heterocycles. The van der Waals surface area contributed by atoms with Gasteiger partial charge in [-0.25, -0.2) is 17.7 Å². The third kappa shape index (κ3) is 6.94. The summed E-state index contributed by atoms with van der Waals surface area (Å²) < 4.78 is 25.6. The monoisotopic (exact) mass is 515 g/mol. The fourth-order valence-electron chi connectivity index (χ4n) is 2.97. The van der Waals surface area contributed by atoms with Crippen LogP contribution >= 0.6 is 11.3 Å². The highest BCUT2D eigenvalue weighted by Crippen LogP contribution is 2.25. The van der Waals surface area contributed by atoms with Crippen LogP contribution in [0.4, 0.5) is 5.13 Å². The molecule has 0 aliphatic carbocycles. The van der Waals surface area contributed by atoms with Gasteiger partial charge in [0.05, 0.1) is 17.1 Å². The number of carbonyl (C=O) groups is 3. The zero-order chi connectivity index (χ0) is 25.6. The minimum atomic E-state index is -3.69. The first-order valence-electron chi connectivity index (χ1n) is 10.5. The number of aromatic nitrogens is 1. The van der Waals surface area contributed by atoms with Gasteiger partial charge in [0.25, 0.3) is 5.91 Å². The van der Waals surface area contributed by atoms with E-state index in [2.05, 4.69) is 20.9 Å². The van der Waals surface area contributed by atoms with E-state index in [0.717, 1.165) is 15.4 Å². The molecule has 3 N–H and O–H groups in total. The van der Waals surface area contributed by atoms with E-state index in [9.17, 15) is 22.8 Å². The highest BCUT2D eigenvalue weighted by Gasteiger charge is 2.19. The van der Waals surface area contributed by atoms with Crippen LogP contribution in [0.15, 0.2) is 58.8 Å². The van der Waals surface area contributed by atoms with Gasteiger partial charge in [0.15, 0.2) is 5.13 Å². The first-order valence-corrected chi connectivity index (χ1v) is 12.8. The third-order valence-corrected chi connectivity index (χ3v) is 7.37. The van der Waals surface area contributed by atoms with Crippen molar-refractivity contribution in [2.24, 2.45) is 0 Å². The van der Waals surface area contributed by atoms with Gasteiger partial charge >= 0.3 is 0 Å². The first kappa shape index (κ1) is 26.0. The van der Waals surface area contributed by atoms with Crippen molar-refractivity contribution in [3.05, 3.63) is 65.0 Å². The number of nitrogens with one attached hydrogen (secondary N) is 3. The molecule has 0 radical (unpaired) electrons. The molecule has 1 aromatic heterocycles. The van der Waals surface area contributed by atoms with Gasteiger partial charge in [0.2, 0.25) is 21.8 Å². The Morgan fingerprint density at radius 2 is 1.77 bits per heavy atom. The lowest BCUT2D eigenvalue weighted by molar-refractivity contribution is -0.119. The summed E-state index contributed by atoms with van der Waals surface area (Å²) in [5.74, 6) is -1.17. The summed E-state index contributed by atoms with van der Waals surface area (Å²) in [6.45, 7) is 1.54. The average molecular weight is 516 g/mol. The molecule has 0 spiro atoms. The van der Waals surface area contributed by atoms with E-state index < -0.39 is 21.8 Å². The average Bonchev–Trinajstić information content (AvgIpc) is 3.29. The Balaban J connectivity index is 1.58. The van der Waals surface area contributed by atoms with Crippen LogP contribution in [0.5, 0.6) is 0 Å². The summed E-state index contributed by atoms with van der Waals surface area (Å²) in [6.07, 6.45) is 0. The van der Waals surface area contributed by atoms with Crippen molar-refractivity contribution in [1.29, 1.82) is 0 Å². The summed E-state index contributed by atoms with van der Waals surface area (Å²) in [6, 6.07) is 13.1. The molecule has 0 saturated heterocycles. The Hall–Kier alpha value is -3.61. The largest absolute Gasteiger partial charge is 0.352 e. The molecular formula is C23H25N5O5S2. The molecule has 0 saturated carbocycles. The summed E-state index contributed by atoms with van der Waals surface area (Å²) in [5.41, 5.74) is 2.54. The maximum Gasteiger partial charge on any atom is 0.251 e. The molecule has 184 valence electrons. The second-order valence-electron chi connectivity index (χ2n) is 7.69. The van der Waals surface area contributed by atoms with Crippen LogP contribution in [-0.2, 0) is 26.2 Å². The van der Waals surface area contributed by atoms with Crippen molar-refractivity contribution in [1.82, 2.24) is 19.9 Å². The topological polar surface area (TPSA) is 138 Å². The Morgan fingerprint density at radius 1 is 1.03 bits per heavy atom. The molecule has 12 heteroatoms. The van der Waals surface area contributed by atoms with Crippen molar-refractivity contribution in [3.8, 4) is 11.3 Å². The molecule has 0 atom stereocenters. The molecule has 0 fully saturated rings. The normalized spacial score (nSPS) is 11.2. The number of thiazole rings is 1. The van der Waals surface area contributed by atoms with E-state index in [0.29, 0.717) is 17.4 Å². The van der Waals surface area contributed by atoms with Gasteiger partial charge in [0, 0.05) is 44.1 Å². The molecule has 3 aromatic rings. The van der Waals surface area contributed by atoms with E-state index in [1.54, 1.807) is 5.38 Å². The number of sulfonamides is 1. The zero-order valence-corrected chi connectivity index (χ0v) is 21.0. The van der Waals surface area contributed by atoms with Gasteiger partial charge in [-0.1, -0.05) is 24.3 Å². The van der Waals surface area contributed by atoms with Gasteiger partial charge in [-0.05, 0) is 29.8 Å². The quantitative estimate of drug-likeness (QED) is 0.399. The molecule has 0 aliphatic heterocycles. The SMILES string of the molecule is CC(=O)NCc1cccc(-c2csc(NC(=O)CNC(=O)c3cccc(S(=O)(=O)N(C)C)c3)n2)c1. The summed E-state index contributed by atoms with van der Waals surface area (Å²) in [4.78, 5) is 40.3. The Kier molecular flexibility index (Phi) is 8.33. The molecule has 35 heavy (non-hydrogen) atoms. The minimum absolute atomic E-state index is 0.0175. The van der Waals surface area contributed by atoms with Crippen molar-refractivity contribution in [3.63, 3.8) is 0 Å². The number of anilines is 1. The lowest BCUT2D eigenvalue weighted by Gasteiger charge is -2.12. The van der Waals surface area contributed by atoms with Crippen LogP contribution in [0.1, 0.15) is 22.8 Å². The summed E-state index contributed by atoms with van der Waals surface area (Å²) in [5, 5.41) is 10.0. The van der Waals surface area contributed by atoms with E-state index in [1.807, 2.05) is 24.3 Å². The van der Waals surface area contributed by atoms with E-state index in [-0.39, 0.29) is 22.9 Å². The highest BCUT2D eigenvalue weighted by molar-refractivity contribution is 7.89. The van der Waals surface area contributed by atoms with Crippen molar-refractivity contribution in [2.75, 3.05) is 26.0 Å². The van der Waals surface area contributed by atoms with E-state index >= 15 is 0 Å². The lowest BCUT2D eigenvalue weighted by atomic mass is 10.1. The van der Waals surface area contributed by atoms with Gasteiger partial charge < -0.3 is 16.0 Å². The number of hydrogen-bond donors (Lipinski definition) is 3. The standard InChI is InChI=1S/C23H25N5O5S2/c1-15(29)24-12-16-6-4-7-17(10-16)20-14-34-23(26-20)27-21(30)13-25-22(31)18-8-5-9-19(11-18)35(32,33)28(2)3/h4-11,14H,12-13H2,1-3H3,(H,24,29)(H,25,31)(H,26,27,30). The van der Waals surface area contributed by atoms with Gasteiger partial charge in [-0.2, -0.15) is 0 Å². The summed E-state index contributed by atoms with van der Waals surface area (Å²) >= 11 is 1.24. The lowest BCUT2D eigenvalue weighted by Crippen LogP contribution is -2.33. The first-order chi connectivity index (χ1) is 16.6. The molecule has 10 nitrogen and oxygen atoms in total. The summed E-state index contributed by atoms with van der Waals surface area (Å²) in [7, 11) is -0.883. The van der Waals surface area contributed by atoms with Crippen LogP contribution in [0, 0.1) is 0 Å². The van der Waals surface area contributed by atoms with Crippen LogP contribution in [0.25, 0.3) is 11.3 Å². The third-order valence-electron chi connectivity index (χ3n) is 4.80. The molecule has 0 bridgehead atoms. The molecular weight excluding hydrogens is 490 g/mol. The fourth-order valence-corrected chi connectivity index (χ4v) is 4.65. The number of rotatable bonds is 9. The van der Waals surface area contributed by atoms with Gasteiger partial charge in [0.1, 0.15) is 0 Å². The van der Waals surface area contributed by atoms with Crippen molar-refractivity contribution >= 4 is 44.2 Å². The van der Waals surface area contributed by atoms with E-state index in [4.69, 9.17) is 0 Å². The predicted molar refractivity (Wildman–Crippen MR) is 133 cm³/mol. The second-order valence-corrected chi connectivity index (χ2v) is 10.7. The fraction of sp³-hybridized carbons (Fsp3) is 0.217. The molecule has 0 aliphatic rings. The number of benzene rings is 2. The van der Waals surface area contributed by atoms with Crippen molar-refractivity contribution in [2.45, 2.75) is 18.4 Å². The van der Waals surface area contributed by atoms with Gasteiger partial charge in [-0.3, -0.25) is 14.4 Å². The Labute approximate surface area is 207 Å². The Morgan fingerprint density at radius 3 is 2.49 bits per heavy atom. The molecule has 3 rings (SSSR count). The van der Waals surface area contributed by atoms with Crippen LogP contribution < -0.4 is 16.0 Å². The second kappa shape index (κ2) is 11.2. The van der Waals surface area contributed by atoms with Crippen LogP contribution in [0.3, 0.4) is 0 Å². The predicted octanol–water partition coefficient (Wildman–Crippen LogP) is 2.06. The maximum absolute atomic E-state index is 12.4. The number of amides is 3. The van der Waals surface area contributed by atoms with Crippen molar-refractivity contribution < 1.29 is 22.8 Å². The Bertz CT molecular complexity index is 1350. The van der Waals surface area contributed by atoms with Gasteiger partial charge in [-0.15, -0.1) is 11.3 Å². The smallest absolute Gasteiger partial charge is 0.251 e. The highest BCUT2D eigenvalue weighted by atomic mass is 32.2.